The van der Waals surface area contributed by atoms with E-state index in [-0.39, 0.29) is 18.2 Å². The number of carboxylic acid groups (broad SMARTS) is 1. The number of nitrogens with one attached hydrogen (secondary N) is 1. The fourth-order valence-electron chi connectivity index (χ4n) is 4.61. The van der Waals surface area contributed by atoms with Gasteiger partial charge in [-0.2, -0.15) is 0 Å². The Morgan fingerprint density at radius 3 is 2.05 bits per heavy atom. The first-order chi connectivity index (χ1) is 8.93. The van der Waals surface area contributed by atoms with Crippen LogP contribution in [0.25, 0.3) is 0 Å². The molecule has 0 unspecified atom stereocenters. The minimum absolute atomic E-state index is 0.0617. The van der Waals surface area contributed by atoms with Crippen LogP contribution in [0.15, 0.2) is 0 Å². The van der Waals surface area contributed by atoms with Crippen molar-refractivity contribution < 1.29 is 18.3 Å². The summed E-state index contributed by atoms with van der Waals surface area (Å²) in [7, 11) is -3.45. The summed E-state index contributed by atoms with van der Waals surface area (Å²) >= 11 is 0. The lowest BCUT2D eigenvalue weighted by Gasteiger charge is -2.54. The second kappa shape index (κ2) is 4.74. The SMILES string of the molecule is O=C(O)CCS(=O)(=O)NC1C2CC3CC(C2)CC1C3. The van der Waals surface area contributed by atoms with Crippen LogP contribution in [0.5, 0.6) is 0 Å². The molecule has 0 aromatic heterocycles. The Hall–Kier alpha value is -0.620. The van der Waals surface area contributed by atoms with Crippen LogP contribution in [0.3, 0.4) is 0 Å². The molecule has 0 amide bonds. The quantitative estimate of drug-likeness (QED) is 0.796. The predicted octanol–water partition coefficient (Wildman–Crippen LogP) is 1.21. The van der Waals surface area contributed by atoms with Crippen LogP contribution in [0.1, 0.15) is 38.5 Å². The van der Waals surface area contributed by atoms with Crippen LogP contribution in [-0.4, -0.2) is 31.3 Å². The lowest BCUT2D eigenvalue weighted by Crippen LogP contribution is -2.56. The van der Waals surface area contributed by atoms with Crippen molar-refractivity contribution >= 4 is 16.0 Å². The van der Waals surface area contributed by atoms with Gasteiger partial charge < -0.3 is 5.11 Å². The molecule has 2 N–H and O–H groups in total. The fraction of sp³-hybridized carbons (Fsp3) is 0.923. The summed E-state index contributed by atoms with van der Waals surface area (Å²) in [5, 5.41) is 8.59. The molecule has 19 heavy (non-hydrogen) atoms. The van der Waals surface area contributed by atoms with E-state index in [0.29, 0.717) is 11.8 Å². The number of carbonyl (C=O) groups is 1. The van der Waals surface area contributed by atoms with Gasteiger partial charge in [0.2, 0.25) is 10.0 Å². The van der Waals surface area contributed by atoms with Crippen molar-refractivity contribution in [1.29, 1.82) is 0 Å². The Morgan fingerprint density at radius 2 is 1.58 bits per heavy atom. The van der Waals surface area contributed by atoms with E-state index in [1.807, 2.05) is 0 Å². The van der Waals surface area contributed by atoms with E-state index >= 15 is 0 Å². The standard InChI is InChI=1S/C13H21NO4S/c15-12(16)1-2-19(17,18)14-13-10-4-8-3-9(6-10)7-11(13)5-8/h8-11,13-14H,1-7H2,(H,15,16). The molecule has 4 bridgehead atoms. The monoisotopic (exact) mass is 287 g/mol. The average Bonchev–Trinajstić information content (AvgIpc) is 2.31. The molecule has 4 aliphatic carbocycles. The summed E-state index contributed by atoms with van der Waals surface area (Å²) < 4.78 is 26.7. The zero-order valence-electron chi connectivity index (χ0n) is 10.9. The van der Waals surface area contributed by atoms with Crippen molar-refractivity contribution in [3.8, 4) is 0 Å². The summed E-state index contributed by atoms with van der Waals surface area (Å²) in [6.45, 7) is 0. The van der Waals surface area contributed by atoms with Crippen LogP contribution in [-0.2, 0) is 14.8 Å². The first-order valence-electron chi connectivity index (χ1n) is 7.15. The second-order valence-electron chi connectivity index (χ2n) is 6.54. The highest BCUT2D eigenvalue weighted by atomic mass is 32.2. The number of sulfonamides is 1. The van der Waals surface area contributed by atoms with Crippen LogP contribution in [0, 0.1) is 23.7 Å². The molecule has 4 fully saturated rings. The first-order valence-corrected chi connectivity index (χ1v) is 8.80. The Labute approximate surface area is 113 Å². The lowest BCUT2D eigenvalue weighted by molar-refractivity contribution is -0.136. The third-order valence-electron chi connectivity index (χ3n) is 5.13. The molecule has 0 heterocycles. The molecule has 0 aromatic carbocycles. The number of hydrogen-bond acceptors (Lipinski definition) is 3. The van der Waals surface area contributed by atoms with Gasteiger partial charge in [-0.15, -0.1) is 0 Å². The van der Waals surface area contributed by atoms with Gasteiger partial charge in [0.1, 0.15) is 0 Å². The highest BCUT2D eigenvalue weighted by Crippen LogP contribution is 2.53. The molecule has 108 valence electrons. The van der Waals surface area contributed by atoms with Gasteiger partial charge in [-0.25, -0.2) is 13.1 Å². The molecular weight excluding hydrogens is 266 g/mol. The maximum Gasteiger partial charge on any atom is 0.304 e. The molecule has 0 radical (unpaired) electrons. The lowest BCUT2D eigenvalue weighted by atomic mass is 9.54. The zero-order valence-corrected chi connectivity index (χ0v) is 11.7. The second-order valence-corrected chi connectivity index (χ2v) is 8.41. The van der Waals surface area contributed by atoms with Gasteiger partial charge >= 0.3 is 5.97 Å². The molecule has 6 heteroatoms. The summed E-state index contributed by atoms with van der Waals surface area (Å²) in [5.41, 5.74) is 0. The van der Waals surface area contributed by atoms with Crippen LogP contribution >= 0.6 is 0 Å². The minimum Gasteiger partial charge on any atom is -0.481 e. The zero-order chi connectivity index (χ0) is 13.6. The first kappa shape index (κ1) is 13.4. The summed E-state index contributed by atoms with van der Waals surface area (Å²) in [6.07, 6.45) is 5.63. The number of aliphatic carboxylic acids is 1. The summed E-state index contributed by atoms with van der Waals surface area (Å²) in [6, 6.07) is 0.0617. The third kappa shape index (κ3) is 2.79. The molecule has 5 nitrogen and oxygen atoms in total. The number of hydrogen-bond donors (Lipinski definition) is 2. The Morgan fingerprint density at radius 1 is 1.05 bits per heavy atom. The van der Waals surface area contributed by atoms with Gasteiger partial charge in [-0.1, -0.05) is 0 Å². The predicted molar refractivity (Wildman–Crippen MR) is 70.0 cm³/mol. The van der Waals surface area contributed by atoms with E-state index in [1.54, 1.807) is 0 Å². The van der Waals surface area contributed by atoms with Crippen molar-refractivity contribution in [2.24, 2.45) is 23.7 Å². The van der Waals surface area contributed by atoms with Crippen LogP contribution < -0.4 is 4.72 Å². The van der Waals surface area contributed by atoms with Crippen molar-refractivity contribution in [2.45, 2.75) is 44.6 Å². The summed E-state index contributed by atoms with van der Waals surface area (Å²) in [5.74, 6) is 1.22. The van der Waals surface area contributed by atoms with E-state index in [1.165, 1.54) is 6.42 Å². The van der Waals surface area contributed by atoms with Crippen molar-refractivity contribution in [1.82, 2.24) is 4.72 Å². The van der Waals surface area contributed by atoms with Gasteiger partial charge in [0.05, 0.1) is 12.2 Å². The highest BCUT2D eigenvalue weighted by Gasteiger charge is 2.49. The van der Waals surface area contributed by atoms with Gasteiger partial charge in [0.25, 0.3) is 0 Å². The van der Waals surface area contributed by atoms with Gasteiger partial charge in [-0.3, -0.25) is 4.79 Å². The number of rotatable bonds is 5. The molecular formula is C13H21NO4S. The smallest absolute Gasteiger partial charge is 0.304 e. The van der Waals surface area contributed by atoms with Crippen LogP contribution in [0.4, 0.5) is 0 Å². The number of carboxylic acids is 1. The van der Waals surface area contributed by atoms with Crippen LogP contribution in [0.2, 0.25) is 0 Å². The maximum absolute atomic E-state index is 12.0. The Bertz CT molecular complexity index is 445. The van der Waals surface area contributed by atoms with Gasteiger partial charge in [0.15, 0.2) is 0 Å². The molecule has 0 saturated heterocycles. The normalized spacial score (nSPS) is 40.5. The fourth-order valence-corrected chi connectivity index (χ4v) is 5.97. The molecule has 4 aliphatic rings. The highest BCUT2D eigenvalue weighted by molar-refractivity contribution is 7.89. The van der Waals surface area contributed by atoms with E-state index in [9.17, 15) is 13.2 Å². The third-order valence-corrected chi connectivity index (χ3v) is 6.50. The van der Waals surface area contributed by atoms with Gasteiger partial charge in [-0.05, 0) is 55.8 Å². The molecule has 4 rings (SSSR count). The Balaban J connectivity index is 1.65. The molecule has 0 spiro atoms. The average molecular weight is 287 g/mol. The van der Waals surface area contributed by atoms with Crippen molar-refractivity contribution in [3.05, 3.63) is 0 Å². The van der Waals surface area contributed by atoms with E-state index in [2.05, 4.69) is 4.72 Å². The van der Waals surface area contributed by atoms with Crippen molar-refractivity contribution in [2.75, 3.05) is 5.75 Å². The largest absolute Gasteiger partial charge is 0.481 e. The van der Waals surface area contributed by atoms with E-state index in [4.69, 9.17) is 5.11 Å². The molecule has 4 saturated carbocycles. The Kier molecular flexibility index (Phi) is 3.33. The molecule has 0 aliphatic heterocycles. The van der Waals surface area contributed by atoms with Crippen molar-refractivity contribution in [3.63, 3.8) is 0 Å². The topological polar surface area (TPSA) is 83.5 Å². The van der Waals surface area contributed by atoms with Gasteiger partial charge in [0, 0.05) is 6.04 Å². The molecule has 0 atom stereocenters. The molecule has 0 aromatic rings. The maximum atomic E-state index is 12.0. The van der Waals surface area contributed by atoms with E-state index in [0.717, 1.165) is 37.5 Å². The minimum atomic E-state index is -3.45. The van der Waals surface area contributed by atoms with E-state index < -0.39 is 16.0 Å². The summed E-state index contributed by atoms with van der Waals surface area (Å²) in [4.78, 5) is 10.5.